The molecule has 0 aliphatic rings. The number of hydrogen-bond donors (Lipinski definition) is 0. The molecule has 2 rings (SSSR count). The largest absolute Gasteiger partial charge is 0.455 e. The van der Waals surface area contributed by atoms with E-state index in [1.165, 1.54) is 87.5 Å². The molecule has 30 heavy (non-hydrogen) atoms. The van der Waals surface area contributed by atoms with Gasteiger partial charge in [-0.25, -0.2) is 0 Å². The molecule has 0 unspecified atom stereocenters. The zero-order chi connectivity index (χ0) is 21.9. The molecule has 0 spiro atoms. The molecular weight excluding hydrogens is 368 g/mol. The molecule has 0 fully saturated rings. The predicted molar refractivity (Wildman–Crippen MR) is 131 cm³/mol. The van der Waals surface area contributed by atoms with Crippen molar-refractivity contribution in [2.45, 2.75) is 79.2 Å². The van der Waals surface area contributed by atoms with Crippen molar-refractivity contribution in [2.24, 2.45) is 0 Å². The van der Waals surface area contributed by atoms with E-state index in [1.54, 1.807) is 0 Å². The molecule has 0 N–H and O–H groups in total. The van der Waals surface area contributed by atoms with Gasteiger partial charge in [-0.3, -0.25) is 0 Å². The summed E-state index contributed by atoms with van der Waals surface area (Å²) in [5.41, 5.74) is 1.02. The first-order valence-electron chi connectivity index (χ1n) is 12.7. The normalized spacial score (nSPS) is 14.3. The van der Waals surface area contributed by atoms with E-state index < -0.39 is 0 Å². The van der Waals surface area contributed by atoms with Gasteiger partial charge in [0.2, 0.25) is 0 Å². The molecule has 0 aliphatic heterocycles. The van der Waals surface area contributed by atoms with Gasteiger partial charge in [0.1, 0.15) is 12.1 Å². The average Bonchev–Trinajstić information content (AvgIpc) is 3.17. The van der Waals surface area contributed by atoms with E-state index in [2.05, 4.69) is 65.1 Å². The number of quaternary nitrogens is 2. The molecule has 1 atom stereocenters. The fourth-order valence-corrected chi connectivity index (χ4v) is 4.81. The summed E-state index contributed by atoms with van der Waals surface area (Å²) >= 11 is 0. The third-order valence-corrected chi connectivity index (χ3v) is 7.62. The second kappa shape index (κ2) is 12.5. The van der Waals surface area contributed by atoms with Crippen molar-refractivity contribution < 1.29 is 13.4 Å². The van der Waals surface area contributed by atoms with Crippen LogP contribution in [0.2, 0.25) is 0 Å². The summed E-state index contributed by atoms with van der Waals surface area (Å²) < 4.78 is 8.46. The summed E-state index contributed by atoms with van der Waals surface area (Å²) in [7, 11) is 2.38. The fourth-order valence-electron chi connectivity index (χ4n) is 4.81. The summed E-state index contributed by atoms with van der Waals surface area (Å²) in [4.78, 5) is 0. The molecule has 0 saturated carbocycles. The Morgan fingerprint density at radius 2 is 1.27 bits per heavy atom. The van der Waals surface area contributed by atoms with Crippen LogP contribution in [0.4, 0.5) is 0 Å². The van der Waals surface area contributed by atoms with Crippen LogP contribution < -0.4 is 0 Å². The highest BCUT2D eigenvalue weighted by Crippen LogP contribution is 2.22. The van der Waals surface area contributed by atoms with E-state index >= 15 is 0 Å². The first kappa shape index (κ1) is 24.9. The zero-order valence-corrected chi connectivity index (χ0v) is 20.6. The Kier molecular flexibility index (Phi) is 10.4. The molecule has 0 saturated heterocycles. The Labute approximate surface area is 186 Å². The van der Waals surface area contributed by atoms with Gasteiger partial charge in [0, 0.05) is 5.39 Å². The van der Waals surface area contributed by atoms with Crippen molar-refractivity contribution in [3.05, 3.63) is 36.1 Å². The molecule has 2 aromatic rings. The minimum Gasteiger partial charge on any atom is -0.455 e. The number of furan rings is 1. The second-order valence-corrected chi connectivity index (χ2v) is 9.56. The van der Waals surface area contributed by atoms with Crippen molar-refractivity contribution in [3.8, 4) is 0 Å². The van der Waals surface area contributed by atoms with Crippen molar-refractivity contribution in [3.63, 3.8) is 0 Å². The van der Waals surface area contributed by atoms with Gasteiger partial charge in [0.25, 0.3) is 0 Å². The maximum absolute atomic E-state index is 6.08. The molecule has 3 heteroatoms. The Bertz CT molecular complexity index is 677. The van der Waals surface area contributed by atoms with Crippen LogP contribution in [-0.4, -0.2) is 55.3 Å². The summed E-state index contributed by atoms with van der Waals surface area (Å²) in [6, 6.07) is 10.6. The Morgan fingerprint density at radius 3 is 1.83 bits per heavy atom. The van der Waals surface area contributed by atoms with Crippen molar-refractivity contribution in [1.29, 1.82) is 0 Å². The van der Waals surface area contributed by atoms with Gasteiger partial charge in [-0.2, -0.15) is 0 Å². The van der Waals surface area contributed by atoms with Crippen molar-refractivity contribution in [2.75, 3.05) is 46.3 Å². The molecule has 170 valence electrons. The first-order valence-corrected chi connectivity index (χ1v) is 12.7. The van der Waals surface area contributed by atoms with Gasteiger partial charge < -0.3 is 13.4 Å². The van der Waals surface area contributed by atoms with Crippen LogP contribution >= 0.6 is 0 Å². The van der Waals surface area contributed by atoms with Crippen molar-refractivity contribution in [1.82, 2.24) is 0 Å². The van der Waals surface area contributed by atoms with E-state index in [4.69, 9.17) is 4.42 Å². The summed E-state index contributed by atoms with van der Waals surface area (Å²) in [5, 5.41) is 1.23. The number of benzene rings is 1. The molecular formula is C27H48N2O+2. The van der Waals surface area contributed by atoms with Gasteiger partial charge in [0.05, 0.1) is 46.3 Å². The fraction of sp³-hybridized carbons (Fsp3) is 0.704. The zero-order valence-electron chi connectivity index (χ0n) is 20.6. The molecule has 3 nitrogen and oxygen atoms in total. The number of para-hydroxylation sites is 1. The van der Waals surface area contributed by atoms with Crippen molar-refractivity contribution >= 4 is 11.0 Å². The van der Waals surface area contributed by atoms with E-state index in [9.17, 15) is 0 Å². The third-order valence-electron chi connectivity index (χ3n) is 7.62. The van der Waals surface area contributed by atoms with Crippen LogP contribution in [0.25, 0.3) is 11.0 Å². The molecule has 0 radical (unpaired) electrons. The number of hydrogen-bond acceptors (Lipinski definition) is 1. The molecule has 0 bridgehead atoms. The lowest BCUT2D eigenvalue weighted by Crippen LogP contribution is -2.48. The third kappa shape index (κ3) is 7.42. The highest BCUT2D eigenvalue weighted by molar-refractivity contribution is 5.77. The average molecular weight is 417 g/mol. The van der Waals surface area contributed by atoms with E-state index in [0.29, 0.717) is 0 Å². The first-order chi connectivity index (χ1) is 14.5. The van der Waals surface area contributed by atoms with Crippen LogP contribution in [0.5, 0.6) is 0 Å². The minimum absolute atomic E-state index is 0.997. The van der Waals surface area contributed by atoms with E-state index in [0.717, 1.165) is 28.9 Å². The smallest absolute Gasteiger partial charge is 0.159 e. The molecule has 1 heterocycles. The van der Waals surface area contributed by atoms with E-state index in [-0.39, 0.29) is 0 Å². The minimum atomic E-state index is 0.997. The van der Waals surface area contributed by atoms with Gasteiger partial charge >= 0.3 is 0 Å². The molecule has 0 aliphatic carbocycles. The monoisotopic (exact) mass is 416 g/mol. The van der Waals surface area contributed by atoms with Crippen LogP contribution in [0.3, 0.4) is 0 Å². The number of nitrogens with zero attached hydrogens (tertiary/aromatic N) is 2. The lowest BCUT2D eigenvalue weighted by molar-refractivity contribution is -0.923. The lowest BCUT2D eigenvalue weighted by atomic mass is 10.1. The standard InChI is InChI=1S/C27H48N2O/c1-6-28(5,24-26-23-25-19-15-16-20-27(25)30-26)21-17-13-11-10-12-14-18-22-29(7-2,8-3)9-4/h15-16,19-20,23H,6-14,17-18,21-22,24H2,1-5H3/q+2/t28-/m1/s1. The molecule has 0 amide bonds. The Morgan fingerprint density at radius 1 is 0.700 bits per heavy atom. The number of fused-ring (bicyclic) bond motifs is 1. The highest BCUT2D eigenvalue weighted by atomic mass is 16.3. The van der Waals surface area contributed by atoms with Crippen LogP contribution in [0.1, 0.15) is 78.4 Å². The van der Waals surface area contributed by atoms with Crippen LogP contribution in [0, 0.1) is 0 Å². The quantitative estimate of drug-likeness (QED) is 0.212. The topological polar surface area (TPSA) is 13.1 Å². The summed E-state index contributed by atoms with van der Waals surface area (Å²) in [6.07, 6.45) is 9.72. The van der Waals surface area contributed by atoms with Crippen LogP contribution in [-0.2, 0) is 6.54 Å². The number of unbranched alkanes of at least 4 members (excludes halogenated alkanes) is 6. The summed E-state index contributed by atoms with van der Waals surface area (Å²) in [6.45, 7) is 18.0. The Hall–Kier alpha value is -1.32. The SMILES string of the molecule is CC[N+](CC)(CC)CCCCCCCCC[N@@+](C)(CC)Cc1cc2ccccc2o1. The number of rotatable bonds is 16. The predicted octanol–water partition coefficient (Wildman–Crippen LogP) is 7.01. The van der Waals surface area contributed by atoms with Gasteiger partial charge in [-0.05, 0) is 65.5 Å². The summed E-state index contributed by atoms with van der Waals surface area (Å²) in [5.74, 6) is 1.13. The van der Waals surface area contributed by atoms with Gasteiger partial charge in [0.15, 0.2) is 5.76 Å². The highest BCUT2D eigenvalue weighted by Gasteiger charge is 2.22. The Balaban J connectivity index is 1.61. The maximum Gasteiger partial charge on any atom is 0.159 e. The lowest BCUT2D eigenvalue weighted by Gasteiger charge is -2.35. The van der Waals surface area contributed by atoms with Gasteiger partial charge in [-0.1, -0.05) is 37.5 Å². The van der Waals surface area contributed by atoms with E-state index in [1.807, 2.05) is 0 Å². The van der Waals surface area contributed by atoms with Crippen LogP contribution in [0.15, 0.2) is 34.7 Å². The maximum atomic E-state index is 6.08. The molecule has 1 aromatic heterocycles. The van der Waals surface area contributed by atoms with Gasteiger partial charge in [-0.15, -0.1) is 0 Å². The second-order valence-electron chi connectivity index (χ2n) is 9.56. The molecule has 1 aromatic carbocycles.